The van der Waals surface area contributed by atoms with E-state index in [9.17, 15) is 29.1 Å². The van der Waals surface area contributed by atoms with E-state index in [1.54, 1.807) is 50.7 Å². The van der Waals surface area contributed by atoms with Crippen molar-refractivity contribution in [1.29, 1.82) is 0 Å². The van der Waals surface area contributed by atoms with Crippen molar-refractivity contribution >= 4 is 52.5 Å². The van der Waals surface area contributed by atoms with E-state index < -0.39 is 30.1 Å². The highest BCUT2D eigenvalue weighted by Crippen LogP contribution is 2.36. The normalized spacial score (nSPS) is 18.6. The van der Waals surface area contributed by atoms with E-state index in [1.807, 2.05) is 60.1 Å². The first kappa shape index (κ1) is 40.2. The molecule has 4 aromatic rings. The minimum absolute atomic E-state index is 0.0281. The van der Waals surface area contributed by atoms with Crippen molar-refractivity contribution in [2.24, 2.45) is 0 Å². The zero-order chi connectivity index (χ0) is 40.6. The molecule has 58 heavy (non-hydrogen) atoms. The number of benzene rings is 2. The number of urea groups is 2. The molecule has 306 valence electrons. The fourth-order valence-corrected chi connectivity index (χ4v) is 8.50. The third kappa shape index (κ3) is 9.92. The van der Waals surface area contributed by atoms with E-state index in [2.05, 4.69) is 21.3 Å². The van der Waals surface area contributed by atoms with Crippen molar-refractivity contribution in [3.63, 3.8) is 0 Å². The minimum atomic E-state index is -1.06. The number of aliphatic carboxylic acids is 1. The lowest BCUT2D eigenvalue weighted by molar-refractivity contribution is -0.137. The Bertz CT molecular complexity index is 2100. The second-order valence-electron chi connectivity index (χ2n) is 13.9. The zero-order valence-corrected chi connectivity index (χ0v) is 33.3. The molecule has 2 saturated heterocycles. The van der Waals surface area contributed by atoms with Gasteiger partial charge in [0.2, 0.25) is 25.4 Å². The molecule has 0 radical (unpaired) electrons. The van der Waals surface area contributed by atoms with Crippen LogP contribution in [0.1, 0.15) is 65.6 Å². The molecule has 0 bridgehead atoms. The van der Waals surface area contributed by atoms with E-state index in [0.29, 0.717) is 67.6 Å². The Morgan fingerprint density at radius 3 is 1.62 bits per heavy atom. The largest absolute Gasteiger partial charge is 0.481 e. The van der Waals surface area contributed by atoms with E-state index in [-0.39, 0.29) is 43.9 Å². The van der Waals surface area contributed by atoms with Crippen LogP contribution in [0.5, 0.6) is 23.0 Å². The van der Waals surface area contributed by atoms with Crippen LogP contribution in [-0.2, 0) is 27.5 Å². The summed E-state index contributed by atoms with van der Waals surface area (Å²) in [4.78, 5) is 67.2. The molecule has 4 atom stereocenters. The Hall–Kier alpha value is -6.01. The molecule has 2 unspecified atom stereocenters. The fourth-order valence-electron chi connectivity index (χ4n) is 7.07. The van der Waals surface area contributed by atoms with Crippen LogP contribution in [0.25, 0.3) is 0 Å². The Kier molecular flexibility index (Phi) is 12.8. The molecule has 0 saturated carbocycles. The van der Waals surface area contributed by atoms with Crippen LogP contribution in [0.15, 0.2) is 71.4 Å². The Labute approximate surface area is 342 Å². The fraction of sp³-hybridized carbons (Fsp3) is 0.375. The van der Waals surface area contributed by atoms with Gasteiger partial charge >= 0.3 is 18.0 Å². The Balaban J connectivity index is 0.000000177. The van der Waals surface area contributed by atoms with Gasteiger partial charge in [-0.25, -0.2) is 9.59 Å². The summed E-state index contributed by atoms with van der Waals surface area (Å²) in [5, 5.41) is 24.3. The number of carbonyl (C=O) groups is 5. The summed E-state index contributed by atoms with van der Waals surface area (Å²) in [7, 11) is 0. The summed E-state index contributed by atoms with van der Waals surface area (Å²) < 4.78 is 21.3. The standard InChI is InChI=1S/C20H21N3O6S.C20H23N3O4S/c24-18(25)9-15(12-3-4-16-17(8-12)29-11-28-16)22-20(27)21-14-5-6-23(19(14)26)10-13-2-1-7-30-13;1-2-15(13-5-6-17-18(10-13)27-12-26-17)21-20(25)22-16-7-8-23(19(16)24)11-14-4-3-9-28-14/h1-4,7-8,14-15H,5-6,9-11H2,(H,24,25)(H2,21,22,27);3-6,9-10,15-16H,2,7-8,11-12H2,1H3,(H2,21,22,25)/t14?,15-;15-,16?/m00/s1. The first-order valence-corrected chi connectivity index (χ1v) is 20.7. The average molecular weight is 833 g/mol. The van der Waals surface area contributed by atoms with Crippen molar-refractivity contribution in [2.45, 2.75) is 69.9 Å². The number of nitrogens with one attached hydrogen (secondary N) is 4. The first-order chi connectivity index (χ1) is 28.1. The van der Waals surface area contributed by atoms with Crippen LogP contribution >= 0.6 is 22.7 Å². The number of amides is 6. The van der Waals surface area contributed by atoms with Gasteiger partial charge in [0.25, 0.3) is 0 Å². The number of carboxylic acids is 1. The molecular weight excluding hydrogens is 789 g/mol. The lowest BCUT2D eigenvalue weighted by Crippen LogP contribution is -2.47. The van der Waals surface area contributed by atoms with E-state index in [0.717, 1.165) is 21.7 Å². The molecule has 18 heteroatoms. The third-order valence-electron chi connectivity index (χ3n) is 10.1. The van der Waals surface area contributed by atoms with Gasteiger partial charge in [-0.05, 0) is 77.5 Å². The number of nitrogens with zero attached hydrogens (tertiary/aromatic N) is 2. The van der Waals surface area contributed by atoms with Crippen LogP contribution in [0.2, 0.25) is 0 Å². The number of fused-ring (bicyclic) bond motifs is 2. The Morgan fingerprint density at radius 1 is 0.707 bits per heavy atom. The molecule has 2 aromatic heterocycles. The van der Waals surface area contributed by atoms with E-state index in [1.165, 1.54) is 0 Å². The van der Waals surface area contributed by atoms with Crippen molar-refractivity contribution in [3.05, 3.63) is 92.3 Å². The van der Waals surface area contributed by atoms with E-state index in [4.69, 9.17) is 18.9 Å². The topological polar surface area (TPSA) is 197 Å². The maximum Gasteiger partial charge on any atom is 0.315 e. The van der Waals surface area contributed by atoms with Gasteiger partial charge in [0.05, 0.1) is 31.6 Å². The quantitative estimate of drug-likeness (QED) is 0.121. The second-order valence-corrected chi connectivity index (χ2v) is 16.0. The molecule has 2 aromatic carbocycles. The maximum atomic E-state index is 12.6. The summed E-state index contributed by atoms with van der Waals surface area (Å²) in [5.41, 5.74) is 1.52. The predicted molar refractivity (Wildman–Crippen MR) is 213 cm³/mol. The van der Waals surface area contributed by atoms with Crippen LogP contribution in [0.4, 0.5) is 9.59 Å². The summed E-state index contributed by atoms with van der Waals surface area (Å²) in [6, 6.07) is 15.6. The highest BCUT2D eigenvalue weighted by atomic mass is 32.1. The number of carbonyl (C=O) groups excluding carboxylic acids is 4. The van der Waals surface area contributed by atoms with Gasteiger partial charge in [0, 0.05) is 22.8 Å². The molecule has 4 aliphatic rings. The lowest BCUT2D eigenvalue weighted by Gasteiger charge is -2.20. The van der Waals surface area contributed by atoms with Crippen LogP contribution in [0.3, 0.4) is 0 Å². The number of likely N-dealkylation sites (tertiary alicyclic amines) is 2. The highest BCUT2D eigenvalue weighted by Gasteiger charge is 2.35. The van der Waals surface area contributed by atoms with Crippen molar-refractivity contribution in [3.8, 4) is 23.0 Å². The Morgan fingerprint density at radius 2 is 1.17 bits per heavy atom. The number of carboxylic acid groups (broad SMARTS) is 1. The number of rotatable bonds is 13. The molecule has 5 N–H and O–H groups in total. The van der Waals surface area contributed by atoms with Crippen LogP contribution in [0, 0.1) is 0 Å². The summed E-state index contributed by atoms with van der Waals surface area (Å²) in [6.45, 7) is 4.65. The SMILES string of the molecule is CC[C@H](NC(=O)NC1CCN(Cc2cccs2)C1=O)c1ccc2c(c1)OCO2.O=C(O)C[C@H](NC(=O)NC1CCN(Cc2cccs2)C1=O)c1ccc2c(c1)OCO2. The monoisotopic (exact) mass is 832 g/mol. The molecule has 8 rings (SSSR count). The van der Waals surface area contributed by atoms with Crippen molar-refractivity contribution < 1.29 is 48.0 Å². The van der Waals surface area contributed by atoms with Crippen LogP contribution in [-0.4, -0.2) is 83.5 Å². The second kappa shape index (κ2) is 18.5. The number of ether oxygens (including phenoxy) is 4. The zero-order valence-electron chi connectivity index (χ0n) is 31.6. The lowest BCUT2D eigenvalue weighted by atomic mass is 10.0. The third-order valence-corrected chi connectivity index (χ3v) is 11.8. The summed E-state index contributed by atoms with van der Waals surface area (Å²) in [5.74, 6) is 1.24. The van der Waals surface area contributed by atoms with E-state index >= 15 is 0 Å². The maximum absolute atomic E-state index is 12.6. The minimum Gasteiger partial charge on any atom is -0.481 e. The van der Waals surface area contributed by atoms with Gasteiger partial charge in [-0.3, -0.25) is 14.4 Å². The smallest absolute Gasteiger partial charge is 0.315 e. The molecule has 16 nitrogen and oxygen atoms in total. The molecule has 6 heterocycles. The molecule has 2 fully saturated rings. The summed E-state index contributed by atoms with van der Waals surface area (Å²) >= 11 is 3.21. The molecule has 0 aliphatic carbocycles. The highest BCUT2D eigenvalue weighted by molar-refractivity contribution is 7.10. The van der Waals surface area contributed by atoms with Gasteiger partial charge < -0.3 is 55.1 Å². The molecule has 0 spiro atoms. The predicted octanol–water partition coefficient (Wildman–Crippen LogP) is 5.12. The van der Waals surface area contributed by atoms with Gasteiger partial charge in [-0.2, -0.15) is 0 Å². The number of thiophene rings is 2. The number of hydrogen-bond acceptors (Lipinski definition) is 11. The van der Waals surface area contributed by atoms with Crippen molar-refractivity contribution in [1.82, 2.24) is 31.1 Å². The van der Waals surface area contributed by atoms with Gasteiger partial charge in [-0.1, -0.05) is 31.2 Å². The van der Waals surface area contributed by atoms with Gasteiger partial charge in [-0.15, -0.1) is 22.7 Å². The number of hydrogen-bond donors (Lipinski definition) is 5. The molecule has 6 amide bonds. The van der Waals surface area contributed by atoms with Crippen LogP contribution < -0.4 is 40.2 Å². The van der Waals surface area contributed by atoms with Gasteiger partial charge in [0.1, 0.15) is 12.1 Å². The van der Waals surface area contributed by atoms with Crippen molar-refractivity contribution in [2.75, 3.05) is 26.7 Å². The molecular formula is C40H44N6O10S2. The average Bonchev–Trinajstić information content (AvgIpc) is 4.08. The van der Waals surface area contributed by atoms with Gasteiger partial charge in [0.15, 0.2) is 23.0 Å². The molecule has 4 aliphatic heterocycles. The summed E-state index contributed by atoms with van der Waals surface area (Å²) in [6.07, 6.45) is 1.54. The first-order valence-electron chi connectivity index (χ1n) is 18.9.